The second-order valence-electron chi connectivity index (χ2n) is 5.76. The van der Waals surface area contributed by atoms with Crippen molar-refractivity contribution in [1.82, 2.24) is 4.90 Å². The Kier molecular flexibility index (Phi) is 4.56. The average molecular weight is 288 g/mol. The molecule has 0 aromatic rings. The van der Waals surface area contributed by atoms with Crippen molar-refractivity contribution in [2.75, 3.05) is 6.54 Å². The SMILES string of the molecule is N#CCCN(C(=O)C1CCC(C(F)(F)F)CC1)C1CC1. The predicted octanol–water partition coefficient (Wildman–Crippen LogP) is 3.26. The number of rotatable bonds is 4. The summed E-state index contributed by atoms with van der Waals surface area (Å²) in [4.78, 5) is 14.1. The maximum atomic E-state index is 12.6. The van der Waals surface area contributed by atoms with Gasteiger partial charge in [0.05, 0.1) is 18.4 Å². The van der Waals surface area contributed by atoms with Gasteiger partial charge in [-0.05, 0) is 38.5 Å². The van der Waals surface area contributed by atoms with Gasteiger partial charge in [0, 0.05) is 18.5 Å². The molecule has 1 amide bonds. The molecule has 0 saturated heterocycles. The van der Waals surface area contributed by atoms with E-state index in [1.807, 2.05) is 6.07 Å². The zero-order valence-corrected chi connectivity index (χ0v) is 11.3. The fourth-order valence-corrected chi connectivity index (χ4v) is 2.93. The summed E-state index contributed by atoms with van der Waals surface area (Å²) in [5.74, 6) is -1.57. The van der Waals surface area contributed by atoms with E-state index in [1.165, 1.54) is 0 Å². The summed E-state index contributed by atoms with van der Waals surface area (Å²) in [7, 11) is 0. The highest BCUT2D eigenvalue weighted by molar-refractivity contribution is 5.79. The molecule has 0 bridgehead atoms. The lowest BCUT2D eigenvalue weighted by atomic mass is 9.81. The van der Waals surface area contributed by atoms with Crippen molar-refractivity contribution in [3.63, 3.8) is 0 Å². The molecule has 0 heterocycles. The molecule has 112 valence electrons. The molecular formula is C14H19F3N2O. The first-order chi connectivity index (χ1) is 9.43. The van der Waals surface area contributed by atoms with Crippen LogP contribution < -0.4 is 0 Å². The first-order valence-electron chi connectivity index (χ1n) is 7.17. The summed E-state index contributed by atoms with van der Waals surface area (Å²) in [6.45, 7) is 0.416. The summed E-state index contributed by atoms with van der Waals surface area (Å²) >= 11 is 0. The smallest absolute Gasteiger partial charge is 0.338 e. The van der Waals surface area contributed by atoms with Crippen LogP contribution in [0.4, 0.5) is 13.2 Å². The maximum absolute atomic E-state index is 12.6. The Labute approximate surface area is 116 Å². The second-order valence-corrected chi connectivity index (χ2v) is 5.76. The number of carbonyl (C=O) groups is 1. The molecule has 0 aromatic heterocycles. The molecule has 6 heteroatoms. The van der Waals surface area contributed by atoms with Gasteiger partial charge in [-0.2, -0.15) is 18.4 Å². The van der Waals surface area contributed by atoms with E-state index in [1.54, 1.807) is 4.90 Å². The maximum Gasteiger partial charge on any atom is 0.391 e. The monoisotopic (exact) mass is 288 g/mol. The van der Waals surface area contributed by atoms with Gasteiger partial charge < -0.3 is 4.90 Å². The third-order valence-corrected chi connectivity index (χ3v) is 4.27. The highest BCUT2D eigenvalue weighted by Crippen LogP contribution is 2.40. The van der Waals surface area contributed by atoms with Gasteiger partial charge in [-0.1, -0.05) is 0 Å². The van der Waals surface area contributed by atoms with Crippen molar-refractivity contribution in [1.29, 1.82) is 5.26 Å². The molecule has 0 radical (unpaired) electrons. The van der Waals surface area contributed by atoms with Gasteiger partial charge in [0.1, 0.15) is 0 Å². The Morgan fingerprint density at radius 1 is 1.15 bits per heavy atom. The summed E-state index contributed by atoms with van der Waals surface area (Å²) in [6.07, 6.45) is -1.19. The van der Waals surface area contributed by atoms with E-state index in [-0.39, 0.29) is 30.7 Å². The molecule has 0 spiro atoms. The van der Waals surface area contributed by atoms with E-state index in [2.05, 4.69) is 0 Å². The third-order valence-electron chi connectivity index (χ3n) is 4.27. The van der Waals surface area contributed by atoms with E-state index in [9.17, 15) is 18.0 Å². The number of carbonyl (C=O) groups excluding carboxylic acids is 1. The molecule has 0 unspecified atom stereocenters. The lowest BCUT2D eigenvalue weighted by Gasteiger charge is -2.32. The molecule has 0 aliphatic heterocycles. The summed E-state index contributed by atoms with van der Waals surface area (Å²) in [5, 5.41) is 8.62. The first kappa shape index (κ1) is 15.1. The Hall–Kier alpha value is -1.25. The zero-order chi connectivity index (χ0) is 14.8. The van der Waals surface area contributed by atoms with E-state index < -0.39 is 12.1 Å². The fourth-order valence-electron chi connectivity index (χ4n) is 2.93. The molecule has 3 nitrogen and oxygen atoms in total. The molecule has 2 aliphatic carbocycles. The normalized spacial score (nSPS) is 26.9. The number of nitriles is 1. The number of amides is 1. The fraction of sp³-hybridized carbons (Fsp3) is 0.857. The summed E-state index contributed by atoms with van der Waals surface area (Å²) in [6, 6.07) is 2.24. The minimum atomic E-state index is -4.13. The lowest BCUT2D eigenvalue weighted by molar-refractivity contribution is -0.185. The number of hydrogen-bond acceptors (Lipinski definition) is 2. The minimum absolute atomic E-state index is 0.0385. The highest BCUT2D eigenvalue weighted by atomic mass is 19.4. The van der Waals surface area contributed by atoms with Crippen LogP contribution in [0.2, 0.25) is 0 Å². The second kappa shape index (κ2) is 6.02. The Bertz CT molecular complexity index is 390. The van der Waals surface area contributed by atoms with E-state index in [0.29, 0.717) is 25.8 Å². The van der Waals surface area contributed by atoms with Crippen molar-refractivity contribution < 1.29 is 18.0 Å². The zero-order valence-electron chi connectivity index (χ0n) is 11.3. The molecule has 0 aromatic carbocycles. The summed E-state index contributed by atoms with van der Waals surface area (Å²) in [5.41, 5.74) is 0. The van der Waals surface area contributed by atoms with Crippen molar-refractivity contribution in [2.45, 2.75) is 57.2 Å². The molecule has 0 atom stereocenters. The van der Waals surface area contributed by atoms with Crippen LogP contribution in [-0.4, -0.2) is 29.6 Å². The lowest BCUT2D eigenvalue weighted by Crippen LogP contribution is -2.40. The quantitative estimate of drug-likeness (QED) is 0.797. The largest absolute Gasteiger partial charge is 0.391 e. The van der Waals surface area contributed by atoms with Gasteiger partial charge in [0.2, 0.25) is 5.91 Å². The Morgan fingerprint density at radius 2 is 1.75 bits per heavy atom. The molecular weight excluding hydrogens is 269 g/mol. The average Bonchev–Trinajstić information content (AvgIpc) is 3.23. The Balaban J connectivity index is 1.88. The van der Waals surface area contributed by atoms with Gasteiger partial charge in [0.15, 0.2) is 0 Å². The van der Waals surface area contributed by atoms with Gasteiger partial charge in [0.25, 0.3) is 0 Å². The third kappa shape index (κ3) is 3.65. The number of nitrogens with zero attached hydrogens (tertiary/aromatic N) is 2. The van der Waals surface area contributed by atoms with Crippen LogP contribution in [0.1, 0.15) is 44.9 Å². The van der Waals surface area contributed by atoms with Crippen molar-refractivity contribution in [3.8, 4) is 6.07 Å². The predicted molar refractivity (Wildman–Crippen MR) is 66.5 cm³/mol. The van der Waals surface area contributed by atoms with E-state index in [4.69, 9.17) is 5.26 Å². The molecule has 20 heavy (non-hydrogen) atoms. The number of alkyl halides is 3. The highest BCUT2D eigenvalue weighted by Gasteiger charge is 2.44. The van der Waals surface area contributed by atoms with Crippen molar-refractivity contribution >= 4 is 5.91 Å². The van der Waals surface area contributed by atoms with Crippen LogP contribution in [0.25, 0.3) is 0 Å². The minimum Gasteiger partial charge on any atom is -0.338 e. The number of halogens is 3. The van der Waals surface area contributed by atoms with E-state index >= 15 is 0 Å². The molecule has 2 aliphatic rings. The first-order valence-corrected chi connectivity index (χ1v) is 7.17. The van der Waals surface area contributed by atoms with Crippen LogP contribution in [0.5, 0.6) is 0 Å². The standard InChI is InChI=1S/C14H19F3N2O/c15-14(16,17)11-4-2-10(3-5-11)13(20)19(9-1-8-18)12-6-7-12/h10-12H,1-7,9H2. The van der Waals surface area contributed by atoms with Crippen LogP contribution in [0.15, 0.2) is 0 Å². The van der Waals surface area contributed by atoms with Gasteiger partial charge in [-0.15, -0.1) is 0 Å². The van der Waals surface area contributed by atoms with E-state index in [0.717, 1.165) is 12.8 Å². The van der Waals surface area contributed by atoms with Gasteiger partial charge in [-0.3, -0.25) is 4.79 Å². The van der Waals surface area contributed by atoms with Gasteiger partial charge >= 0.3 is 6.18 Å². The Morgan fingerprint density at radius 3 is 2.20 bits per heavy atom. The van der Waals surface area contributed by atoms with Crippen molar-refractivity contribution in [3.05, 3.63) is 0 Å². The molecule has 2 saturated carbocycles. The topological polar surface area (TPSA) is 44.1 Å². The molecule has 2 fully saturated rings. The van der Waals surface area contributed by atoms with Crippen LogP contribution >= 0.6 is 0 Å². The molecule has 2 rings (SSSR count). The van der Waals surface area contributed by atoms with Crippen molar-refractivity contribution in [2.24, 2.45) is 11.8 Å². The summed E-state index contributed by atoms with van der Waals surface area (Å²) < 4.78 is 37.8. The number of hydrogen-bond donors (Lipinski definition) is 0. The van der Waals surface area contributed by atoms with Gasteiger partial charge in [-0.25, -0.2) is 0 Å². The van der Waals surface area contributed by atoms with Crippen LogP contribution in [0, 0.1) is 23.2 Å². The van der Waals surface area contributed by atoms with Crippen LogP contribution in [0.3, 0.4) is 0 Å². The van der Waals surface area contributed by atoms with Crippen LogP contribution in [-0.2, 0) is 4.79 Å². The molecule has 0 N–H and O–H groups in total.